The molecule has 4 nitrogen and oxygen atoms in total. The first-order valence-electron chi connectivity index (χ1n) is 8.43. The van der Waals surface area contributed by atoms with Crippen LogP contribution in [0.1, 0.15) is 0 Å². The van der Waals surface area contributed by atoms with Gasteiger partial charge in [0.05, 0.1) is 11.3 Å². The summed E-state index contributed by atoms with van der Waals surface area (Å²) in [5, 5.41) is 12.7. The number of phenolic OH excluding ortho intramolecular Hbond substituents is 1. The third kappa shape index (κ3) is 2.81. The molecule has 27 heavy (non-hydrogen) atoms. The van der Waals surface area contributed by atoms with Crippen LogP contribution < -0.4 is 0 Å². The molecule has 0 radical (unpaired) electrons. The Kier molecular flexibility index (Phi) is 4.46. The maximum atomic E-state index is 10.4. The maximum Gasteiger partial charge on any atom is 0.164 e. The van der Waals surface area contributed by atoms with Gasteiger partial charge in [0.1, 0.15) is 11.3 Å². The monoisotopic (exact) mass is 401 g/mol. The van der Waals surface area contributed by atoms with Crippen LogP contribution in [-0.2, 0) is 19.5 Å². The van der Waals surface area contributed by atoms with Crippen molar-refractivity contribution in [1.82, 2.24) is 14.5 Å². The third-order valence-corrected chi connectivity index (χ3v) is 4.57. The predicted molar refractivity (Wildman–Crippen MR) is 103 cm³/mol. The van der Waals surface area contributed by atoms with Crippen LogP contribution in [0.2, 0.25) is 0 Å². The molecule has 5 aromatic rings. The van der Waals surface area contributed by atoms with Gasteiger partial charge >= 0.3 is 0 Å². The van der Waals surface area contributed by atoms with Gasteiger partial charge in [0, 0.05) is 31.1 Å². The summed E-state index contributed by atoms with van der Waals surface area (Å²) in [6.07, 6.45) is 1.76. The number of para-hydroxylation sites is 1. The summed E-state index contributed by atoms with van der Waals surface area (Å²) < 4.78 is 2.02. The van der Waals surface area contributed by atoms with E-state index in [2.05, 4.69) is 29.2 Å². The van der Waals surface area contributed by atoms with Crippen molar-refractivity contribution >= 4 is 21.9 Å². The van der Waals surface area contributed by atoms with E-state index in [-0.39, 0.29) is 25.2 Å². The fourth-order valence-corrected chi connectivity index (χ4v) is 3.39. The van der Waals surface area contributed by atoms with Crippen molar-refractivity contribution in [2.24, 2.45) is 0 Å². The zero-order chi connectivity index (χ0) is 17.5. The quantitative estimate of drug-likeness (QED) is 0.425. The van der Waals surface area contributed by atoms with Crippen LogP contribution in [0.15, 0.2) is 85.1 Å². The van der Waals surface area contributed by atoms with Crippen LogP contribution >= 0.6 is 0 Å². The van der Waals surface area contributed by atoms with Crippen LogP contribution in [-0.4, -0.2) is 19.6 Å². The van der Waals surface area contributed by atoms with Gasteiger partial charge in [-0.3, -0.25) is 4.57 Å². The van der Waals surface area contributed by atoms with Gasteiger partial charge < -0.3 is 5.11 Å². The van der Waals surface area contributed by atoms with Gasteiger partial charge in [-0.25, -0.2) is 9.97 Å². The van der Waals surface area contributed by atoms with Gasteiger partial charge in [0.15, 0.2) is 11.5 Å². The number of hydrogen-bond donors (Lipinski definition) is 1. The number of fused-ring (bicyclic) bond motifs is 2. The Bertz CT molecular complexity index is 1260. The van der Waals surface area contributed by atoms with E-state index in [1.807, 2.05) is 53.1 Å². The van der Waals surface area contributed by atoms with Crippen molar-refractivity contribution < 1.29 is 24.6 Å². The molecule has 0 aliphatic heterocycles. The molecule has 2 heterocycles. The van der Waals surface area contributed by atoms with Crippen molar-refractivity contribution in [1.29, 1.82) is 0 Å². The second kappa shape index (κ2) is 6.94. The Morgan fingerprint density at radius 2 is 1.56 bits per heavy atom. The van der Waals surface area contributed by atoms with Crippen molar-refractivity contribution in [2.45, 2.75) is 0 Å². The first-order chi connectivity index (χ1) is 12.8. The second-order valence-electron chi connectivity index (χ2n) is 6.13. The van der Waals surface area contributed by atoms with Crippen molar-refractivity contribution in [3.05, 3.63) is 85.1 Å². The van der Waals surface area contributed by atoms with Crippen LogP contribution in [0.3, 0.4) is 0 Å². The molecule has 0 unspecified atom stereocenters. The number of aromatic nitrogens is 3. The van der Waals surface area contributed by atoms with E-state index < -0.39 is 0 Å². The summed E-state index contributed by atoms with van der Waals surface area (Å²) in [7, 11) is 0. The largest absolute Gasteiger partial charge is 0.507 e. The summed E-state index contributed by atoms with van der Waals surface area (Å²) in [6, 6.07) is 25.5. The minimum Gasteiger partial charge on any atom is -0.507 e. The van der Waals surface area contributed by atoms with E-state index in [0.29, 0.717) is 11.4 Å². The molecule has 0 spiro atoms. The van der Waals surface area contributed by atoms with Gasteiger partial charge in [-0.1, -0.05) is 48.5 Å². The van der Waals surface area contributed by atoms with Crippen LogP contribution in [0, 0.1) is 0 Å². The first-order valence-corrected chi connectivity index (χ1v) is 8.43. The van der Waals surface area contributed by atoms with Crippen molar-refractivity contribution in [3.63, 3.8) is 0 Å². The summed E-state index contributed by atoms with van der Waals surface area (Å²) >= 11 is 0. The first kappa shape index (κ1) is 17.4. The van der Waals surface area contributed by atoms with E-state index in [4.69, 9.17) is 4.98 Å². The Hall–Kier alpha value is -3.04. The number of rotatable bonds is 2. The topological polar surface area (TPSA) is 50.9 Å². The van der Waals surface area contributed by atoms with E-state index in [1.165, 1.54) is 0 Å². The molecule has 0 atom stereocenters. The fraction of sp³-hybridized carbons (Fsp3) is 0. The molecule has 3 aromatic carbocycles. The molecule has 0 aliphatic rings. The number of nitrogens with zero attached hydrogens (tertiary/aromatic N) is 3. The van der Waals surface area contributed by atoms with Gasteiger partial charge in [0.25, 0.3) is 0 Å². The zero-order valence-electron chi connectivity index (χ0n) is 14.6. The Balaban J connectivity index is 0.00000180. The smallest absolute Gasteiger partial charge is 0.164 e. The Morgan fingerprint density at radius 1 is 0.778 bits per heavy atom. The molecular weight excluding hydrogens is 388 g/mol. The number of hydrogen-bond acceptors (Lipinski definition) is 3. The number of aromatic hydroxyl groups is 1. The number of benzene rings is 3. The van der Waals surface area contributed by atoms with Gasteiger partial charge in [0.2, 0.25) is 0 Å². The molecule has 0 bridgehead atoms. The molecule has 5 heteroatoms. The average Bonchev–Trinajstić information content (AvgIpc) is 3.07. The van der Waals surface area contributed by atoms with Crippen LogP contribution in [0.5, 0.6) is 5.75 Å². The van der Waals surface area contributed by atoms with Crippen LogP contribution in [0.4, 0.5) is 0 Å². The summed E-state index contributed by atoms with van der Waals surface area (Å²) in [5.41, 5.74) is 3.22. The number of phenols is 1. The molecular formula is C22H15N3OZn. The molecule has 0 amide bonds. The van der Waals surface area contributed by atoms with Crippen molar-refractivity contribution in [2.75, 3.05) is 0 Å². The van der Waals surface area contributed by atoms with E-state index in [0.717, 1.165) is 27.6 Å². The van der Waals surface area contributed by atoms with E-state index in [9.17, 15) is 5.11 Å². The van der Waals surface area contributed by atoms with Gasteiger partial charge in [-0.15, -0.1) is 0 Å². The molecule has 0 saturated heterocycles. The van der Waals surface area contributed by atoms with Crippen molar-refractivity contribution in [3.8, 4) is 22.8 Å². The zero-order valence-corrected chi connectivity index (χ0v) is 17.5. The van der Waals surface area contributed by atoms with E-state index in [1.54, 1.807) is 12.3 Å². The number of pyridine rings is 1. The average molecular weight is 403 g/mol. The molecule has 1 N–H and O–H groups in total. The minimum atomic E-state index is 0. The minimum absolute atomic E-state index is 0. The molecule has 0 aliphatic carbocycles. The fourth-order valence-electron chi connectivity index (χ4n) is 3.39. The summed E-state index contributed by atoms with van der Waals surface area (Å²) in [6.45, 7) is 0. The van der Waals surface area contributed by atoms with Gasteiger partial charge in [-0.05, 0) is 35.7 Å². The molecule has 0 saturated carbocycles. The molecule has 2 aromatic heterocycles. The SMILES string of the molecule is Oc1ccccc1-c1nc2cccnc2n1-c1cccc2ccccc12.[Zn]. The number of imidazole rings is 1. The maximum absolute atomic E-state index is 10.4. The molecule has 126 valence electrons. The third-order valence-electron chi connectivity index (χ3n) is 4.57. The summed E-state index contributed by atoms with van der Waals surface area (Å²) in [4.78, 5) is 9.33. The summed E-state index contributed by atoms with van der Waals surface area (Å²) in [5.74, 6) is 0.873. The standard InChI is InChI=1S/C22H15N3O.Zn/c26-20-13-4-3-10-17(20)21-24-18-11-6-14-23-22(18)25(21)19-12-5-8-15-7-1-2-9-16(15)19;/h1-14,26H;. The second-order valence-corrected chi connectivity index (χ2v) is 6.13. The normalized spacial score (nSPS) is 10.8. The predicted octanol–water partition coefficient (Wildman–Crippen LogP) is 4.94. The molecule has 5 rings (SSSR count). The van der Waals surface area contributed by atoms with Crippen LogP contribution in [0.25, 0.3) is 39.0 Å². The van der Waals surface area contributed by atoms with Gasteiger partial charge in [-0.2, -0.15) is 0 Å². The Labute approximate surface area is 168 Å². The Morgan fingerprint density at radius 3 is 2.44 bits per heavy atom. The molecule has 0 fully saturated rings. The van der Waals surface area contributed by atoms with E-state index >= 15 is 0 Å².